The zero-order valence-corrected chi connectivity index (χ0v) is 6.75. The third-order valence-electron chi connectivity index (χ3n) is 3.92. The highest BCUT2D eigenvalue weighted by atomic mass is 16.1. The van der Waals surface area contributed by atoms with Crippen LogP contribution in [0, 0.1) is 23.7 Å². The van der Waals surface area contributed by atoms with Gasteiger partial charge in [0.05, 0.1) is 0 Å². The molecule has 3 aliphatic carbocycles. The molecule has 4 atom stereocenters. The second-order valence-electron chi connectivity index (χ2n) is 4.54. The summed E-state index contributed by atoms with van der Waals surface area (Å²) in [4.78, 5) is 11.6. The average Bonchev–Trinajstić information content (AvgIpc) is 2.59. The summed E-state index contributed by atoms with van der Waals surface area (Å²) in [5.74, 6) is 3.34. The lowest BCUT2D eigenvalue weighted by Gasteiger charge is -2.22. The fourth-order valence-electron chi connectivity index (χ4n) is 3.21. The van der Waals surface area contributed by atoms with Gasteiger partial charge < -0.3 is 0 Å². The van der Waals surface area contributed by atoms with E-state index in [0.29, 0.717) is 17.6 Å². The van der Waals surface area contributed by atoms with Gasteiger partial charge in [-0.25, -0.2) is 0 Å². The number of Topliss-reactive ketones (excluding diaryl/α,β-unsaturated/α-hetero) is 1. The Bertz CT molecular complexity index is 209. The largest absolute Gasteiger partial charge is 0.299 e. The van der Waals surface area contributed by atoms with Gasteiger partial charge in [0.1, 0.15) is 5.78 Å². The molecule has 0 bridgehead atoms. The van der Waals surface area contributed by atoms with E-state index in [9.17, 15) is 4.79 Å². The van der Waals surface area contributed by atoms with E-state index in [-0.39, 0.29) is 0 Å². The highest BCUT2D eigenvalue weighted by molar-refractivity contribution is 5.87. The topological polar surface area (TPSA) is 17.1 Å². The molecule has 0 spiro atoms. The van der Waals surface area contributed by atoms with E-state index in [1.54, 1.807) is 0 Å². The smallest absolute Gasteiger partial charge is 0.139 e. The Morgan fingerprint density at radius 2 is 1.91 bits per heavy atom. The average molecular weight is 150 g/mol. The molecule has 0 saturated heterocycles. The molecule has 3 aliphatic rings. The van der Waals surface area contributed by atoms with Gasteiger partial charge in [-0.1, -0.05) is 6.42 Å². The molecule has 3 rings (SSSR count). The summed E-state index contributed by atoms with van der Waals surface area (Å²) in [6.07, 6.45) is 6.51. The Morgan fingerprint density at radius 1 is 1.00 bits per heavy atom. The predicted molar refractivity (Wildman–Crippen MR) is 42.1 cm³/mol. The van der Waals surface area contributed by atoms with Crippen LogP contribution in [0.3, 0.4) is 0 Å². The van der Waals surface area contributed by atoms with Gasteiger partial charge in [-0.15, -0.1) is 0 Å². The maximum absolute atomic E-state index is 11.6. The van der Waals surface area contributed by atoms with Crippen LogP contribution in [0.1, 0.15) is 32.1 Å². The first-order chi connectivity index (χ1) is 5.36. The molecule has 3 saturated carbocycles. The van der Waals surface area contributed by atoms with Crippen LogP contribution in [0.4, 0.5) is 0 Å². The van der Waals surface area contributed by atoms with Gasteiger partial charge in [-0.3, -0.25) is 4.79 Å². The standard InChI is InChI=1S/C10H14O/c11-10-8-3-1-2-6(8)4-7-5-9(7)10/h6-9H,1-5H2/t6-,7-,8-,9+/m1/s1. The maximum Gasteiger partial charge on any atom is 0.139 e. The van der Waals surface area contributed by atoms with E-state index in [0.717, 1.165) is 11.8 Å². The van der Waals surface area contributed by atoms with Crippen molar-refractivity contribution in [3.63, 3.8) is 0 Å². The van der Waals surface area contributed by atoms with Crippen molar-refractivity contribution in [2.45, 2.75) is 32.1 Å². The summed E-state index contributed by atoms with van der Waals surface area (Å²) in [6, 6.07) is 0. The van der Waals surface area contributed by atoms with E-state index < -0.39 is 0 Å². The summed E-state index contributed by atoms with van der Waals surface area (Å²) in [6.45, 7) is 0. The lowest BCUT2D eigenvalue weighted by molar-refractivity contribution is -0.127. The van der Waals surface area contributed by atoms with E-state index in [4.69, 9.17) is 0 Å². The fourth-order valence-corrected chi connectivity index (χ4v) is 3.21. The van der Waals surface area contributed by atoms with Gasteiger partial charge >= 0.3 is 0 Å². The van der Waals surface area contributed by atoms with Crippen molar-refractivity contribution in [1.29, 1.82) is 0 Å². The quantitative estimate of drug-likeness (QED) is 0.516. The minimum Gasteiger partial charge on any atom is -0.299 e. The summed E-state index contributed by atoms with van der Waals surface area (Å²) < 4.78 is 0. The molecule has 0 aromatic carbocycles. The maximum atomic E-state index is 11.6. The second kappa shape index (κ2) is 1.88. The molecular weight excluding hydrogens is 136 g/mol. The van der Waals surface area contributed by atoms with Crippen LogP contribution in [0.5, 0.6) is 0 Å². The van der Waals surface area contributed by atoms with Crippen molar-refractivity contribution in [2.24, 2.45) is 23.7 Å². The molecule has 3 fully saturated rings. The summed E-state index contributed by atoms with van der Waals surface area (Å²) in [7, 11) is 0. The van der Waals surface area contributed by atoms with Crippen LogP contribution < -0.4 is 0 Å². The number of rotatable bonds is 0. The van der Waals surface area contributed by atoms with Gasteiger partial charge in [-0.05, 0) is 37.5 Å². The SMILES string of the molecule is O=C1[C@H]2C[C@H]2C[C@H]2CCC[C@@H]12. The van der Waals surface area contributed by atoms with Crippen LogP contribution in [-0.4, -0.2) is 5.78 Å². The number of ketones is 1. The summed E-state index contributed by atoms with van der Waals surface area (Å²) in [5, 5.41) is 0. The molecule has 11 heavy (non-hydrogen) atoms. The third-order valence-corrected chi connectivity index (χ3v) is 3.92. The zero-order valence-electron chi connectivity index (χ0n) is 6.75. The first kappa shape index (κ1) is 6.22. The minimum absolute atomic E-state index is 0.513. The molecule has 0 radical (unpaired) electrons. The second-order valence-corrected chi connectivity index (χ2v) is 4.54. The zero-order chi connectivity index (χ0) is 7.42. The van der Waals surface area contributed by atoms with Crippen molar-refractivity contribution in [1.82, 2.24) is 0 Å². The molecule has 0 N–H and O–H groups in total. The van der Waals surface area contributed by atoms with Gasteiger partial charge in [0, 0.05) is 11.8 Å². The lowest BCUT2D eigenvalue weighted by Crippen LogP contribution is -2.26. The van der Waals surface area contributed by atoms with Gasteiger partial charge in [0.15, 0.2) is 0 Å². The number of carbonyl (C=O) groups is 1. The number of hydrogen-bond donors (Lipinski definition) is 0. The normalized spacial score (nSPS) is 53.6. The van der Waals surface area contributed by atoms with Crippen LogP contribution in [0.15, 0.2) is 0 Å². The van der Waals surface area contributed by atoms with Crippen molar-refractivity contribution in [3.05, 3.63) is 0 Å². The predicted octanol–water partition coefficient (Wildman–Crippen LogP) is 2.01. The van der Waals surface area contributed by atoms with Gasteiger partial charge in [-0.2, -0.15) is 0 Å². The first-order valence-corrected chi connectivity index (χ1v) is 4.90. The molecule has 1 heteroatoms. The Labute approximate surface area is 67.2 Å². The Balaban J connectivity index is 1.89. The summed E-state index contributed by atoms with van der Waals surface area (Å²) >= 11 is 0. The van der Waals surface area contributed by atoms with E-state index in [1.807, 2.05) is 0 Å². The highest BCUT2D eigenvalue weighted by Gasteiger charge is 2.53. The van der Waals surface area contributed by atoms with Crippen molar-refractivity contribution in [3.8, 4) is 0 Å². The molecule has 0 amide bonds. The first-order valence-electron chi connectivity index (χ1n) is 4.90. The van der Waals surface area contributed by atoms with Crippen LogP contribution in [-0.2, 0) is 4.79 Å². The van der Waals surface area contributed by atoms with E-state index >= 15 is 0 Å². The minimum atomic E-state index is 0.513. The summed E-state index contributed by atoms with van der Waals surface area (Å²) in [5.41, 5.74) is 0. The van der Waals surface area contributed by atoms with Gasteiger partial charge in [0.2, 0.25) is 0 Å². The van der Waals surface area contributed by atoms with Crippen molar-refractivity contribution >= 4 is 5.78 Å². The van der Waals surface area contributed by atoms with Crippen molar-refractivity contribution in [2.75, 3.05) is 0 Å². The molecule has 0 aliphatic heterocycles. The van der Waals surface area contributed by atoms with Crippen LogP contribution in [0.25, 0.3) is 0 Å². The van der Waals surface area contributed by atoms with E-state index in [1.165, 1.54) is 32.1 Å². The molecule has 1 nitrogen and oxygen atoms in total. The molecule has 0 unspecified atom stereocenters. The number of fused-ring (bicyclic) bond motifs is 2. The van der Waals surface area contributed by atoms with Crippen LogP contribution >= 0.6 is 0 Å². The molecule has 0 aromatic heterocycles. The van der Waals surface area contributed by atoms with Gasteiger partial charge in [0.25, 0.3) is 0 Å². The number of hydrogen-bond acceptors (Lipinski definition) is 1. The van der Waals surface area contributed by atoms with E-state index in [2.05, 4.69) is 0 Å². The number of carbonyl (C=O) groups excluding carboxylic acids is 1. The molecule has 0 aromatic rings. The third kappa shape index (κ3) is 0.743. The Kier molecular flexibility index (Phi) is 1.06. The molecule has 0 heterocycles. The van der Waals surface area contributed by atoms with Crippen LogP contribution in [0.2, 0.25) is 0 Å². The fraction of sp³-hybridized carbons (Fsp3) is 0.900. The van der Waals surface area contributed by atoms with Crippen molar-refractivity contribution < 1.29 is 4.79 Å². The Hall–Kier alpha value is -0.330. The lowest BCUT2D eigenvalue weighted by atomic mass is 9.81. The molecular formula is C10H14O. The highest BCUT2D eigenvalue weighted by Crippen LogP contribution is 2.55. The monoisotopic (exact) mass is 150 g/mol. The Morgan fingerprint density at radius 3 is 2.82 bits per heavy atom. The molecule has 60 valence electrons.